The number of benzene rings is 1. The van der Waals surface area contributed by atoms with Crippen molar-refractivity contribution >= 4 is 44.4 Å². The molecule has 0 heterocycles. The molecule has 2 rings (SSSR count). The number of hydrogen-bond donors (Lipinski definition) is 0. The minimum atomic E-state index is 0.143. The fraction of sp³-hybridized carbons (Fsp3) is 0.533. The summed E-state index contributed by atoms with van der Waals surface area (Å²) in [6.07, 6.45) is 4.90. The average molecular weight is 436 g/mol. The van der Waals surface area contributed by atoms with Crippen molar-refractivity contribution in [1.82, 2.24) is 4.90 Å². The SMILES string of the molecule is CC1CCCCC1N(C)C(=O)c1cc(Br)ccc1I. The van der Waals surface area contributed by atoms with Gasteiger partial charge in [0.25, 0.3) is 5.91 Å². The van der Waals surface area contributed by atoms with Crippen LogP contribution in [0.4, 0.5) is 0 Å². The topological polar surface area (TPSA) is 20.3 Å². The second kappa shape index (κ2) is 6.57. The Hall–Kier alpha value is -0.100. The van der Waals surface area contributed by atoms with Gasteiger partial charge in [-0.05, 0) is 59.5 Å². The van der Waals surface area contributed by atoms with Gasteiger partial charge in [0, 0.05) is 21.1 Å². The van der Waals surface area contributed by atoms with E-state index in [1.807, 2.05) is 30.1 Å². The quantitative estimate of drug-likeness (QED) is 0.616. The largest absolute Gasteiger partial charge is 0.338 e. The zero-order chi connectivity index (χ0) is 14.0. The smallest absolute Gasteiger partial charge is 0.254 e. The summed E-state index contributed by atoms with van der Waals surface area (Å²) in [7, 11) is 1.95. The Morgan fingerprint density at radius 3 is 2.74 bits per heavy atom. The van der Waals surface area contributed by atoms with E-state index < -0.39 is 0 Å². The Bertz CT molecular complexity index is 477. The second-order valence-corrected chi connectivity index (χ2v) is 7.45. The van der Waals surface area contributed by atoms with Crippen LogP contribution in [0.1, 0.15) is 43.0 Å². The van der Waals surface area contributed by atoms with Crippen LogP contribution in [-0.2, 0) is 0 Å². The Balaban J connectivity index is 2.20. The van der Waals surface area contributed by atoms with E-state index in [1.165, 1.54) is 19.3 Å². The summed E-state index contributed by atoms with van der Waals surface area (Å²) in [6, 6.07) is 6.27. The molecule has 104 valence electrons. The van der Waals surface area contributed by atoms with Gasteiger partial charge in [-0.15, -0.1) is 0 Å². The van der Waals surface area contributed by atoms with Crippen LogP contribution in [0.15, 0.2) is 22.7 Å². The maximum Gasteiger partial charge on any atom is 0.254 e. The molecule has 4 heteroatoms. The Labute approximate surface area is 137 Å². The van der Waals surface area contributed by atoms with E-state index in [1.54, 1.807) is 0 Å². The molecule has 0 bridgehead atoms. The standard InChI is InChI=1S/C15H19BrINO/c1-10-5-3-4-6-14(10)18(2)15(19)12-9-11(16)7-8-13(12)17/h7-10,14H,3-6H2,1-2H3. The number of rotatable bonds is 2. The van der Waals surface area contributed by atoms with E-state index in [4.69, 9.17) is 0 Å². The lowest BCUT2D eigenvalue weighted by Crippen LogP contribution is -2.42. The Morgan fingerprint density at radius 2 is 2.05 bits per heavy atom. The van der Waals surface area contributed by atoms with Crippen LogP contribution in [0.25, 0.3) is 0 Å². The van der Waals surface area contributed by atoms with Crippen molar-refractivity contribution in [2.24, 2.45) is 5.92 Å². The predicted octanol–water partition coefficient (Wildman–Crippen LogP) is 4.70. The summed E-state index contributed by atoms with van der Waals surface area (Å²) in [5.74, 6) is 0.747. The zero-order valence-electron chi connectivity index (χ0n) is 11.3. The van der Waals surface area contributed by atoms with Crippen molar-refractivity contribution in [3.63, 3.8) is 0 Å². The number of carbonyl (C=O) groups excluding carboxylic acids is 1. The molecule has 2 unspecified atom stereocenters. The molecule has 1 fully saturated rings. The Kier molecular flexibility index (Phi) is 5.29. The molecule has 0 saturated heterocycles. The van der Waals surface area contributed by atoms with Crippen LogP contribution in [0.3, 0.4) is 0 Å². The first-order chi connectivity index (χ1) is 9.00. The van der Waals surface area contributed by atoms with Gasteiger partial charge in [0.05, 0.1) is 5.56 Å². The highest BCUT2D eigenvalue weighted by molar-refractivity contribution is 14.1. The monoisotopic (exact) mass is 435 g/mol. The van der Waals surface area contributed by atoms with Crippen molar-refractivity contribution in [3.05, 3.63) is 31.8 Å². The molecular formula is C15H19BrINO. The molecule has 1 aliphatic carbocycles. The van der Waals surface area contributed by atoms with Gasteiger partial charge < -0.3 is 4.90 Å². The van der Waals surface area contributed by atoms with Crippen molar-refractivity contribution in [2.45, 2.75) is 38.6 Å². The molecule has 0 N–H and O–H groups in total. The van der Waals surface area contributed by atoms with Gasteiger partial charge in [-0.3, -0.25) is 4.79 Å². The molecular weight excluding hydrogens is 417 g/mol. The number of hydrogen-bond acceptors (Lipinski definition) is 1. The number of nitrogens with zero attached hydrogens (tertiary/aromatic N) is 1. The summed E-state index contributed by atoms with van der Waals surface area (Å²) >= 11 is 5.68. The molecule has 2 nitrogen and oxygen atoms in total. The van der Waals surface area contributed by atoms with Crippen LogP contribution >= 0.6 is 38.5 Å². The fourth-order valence-corrected chi connectivity index (χ4v) is 3.80. The maximum absolute atomic E-state index is 12.7. The lowest BCUT2D eigenvalue weighted by atomic mass is 9.85. The molecule has 1 aliphatic rings. The van der Waals surface area contributed by atoms with Gasteiger partial charge >= 0.3 is 0 Å². The van der Waals surface area contributed by atoms with E-state index in [0.717, 1.165) is 20.0 Å². The molecule has 1 saturated carbocycles. The fourth-order valence-electron chi connectivity index (χ4n) is 2.87. The van der Waals surface area contributed by atoms with Crippen molar-refractivity contribution in [2.75, 3.05) is 7.05 Å². The average Bonchev–Trinajstić information content (AvgIpc) is 2.40. The normalized spacial score (nSPS) is 23.2. The zero-order valence-corrected chi connectivity index (χ0v) is 15.1. The van der Waals surface area contributed by atoms with Crippen LogP contribution in [0.2, 0.25) is 0 Å². The third-order valence-electron chi connectivity index (χ3n) is 4.04. The first kappa shape index (κ1) is 15.3. The minimum Gasteiger partial charge on any atom is -0.338 e. The second-order valence-electron chi connectivity index (χ2n) is 5.37. The van der Waals surface area contributed by atoms with Gasteiger partial charge in [-0.2, -0.15) is 0 Å². The highest BCUT2D eigenvalue weighted by Crippen LogP contribution is 2.29. The Morgan fingerprint density at radius 1 is 1.37 bits per heavy atom. The van der Waals surface area contributed by atoms with Crippen LogP contribution < -0.4 is 0 Å². The third kappa shape index (κ3) is 3.51. The first-order valence-corrected chi connectivity index (χ1v) is 8.60. The van der Waals surface area contributed by atoms with Crippen LogP contribution in [-0.4, -0.2) is 23.9 Å². The molecule has 1 amide bonds. The van der Waals surface area contributed by atoms with E-state index in [0.29, 0.717) is 12.0 Å². The molecule has 1 aromatic carbocycles. The van der Waals surface area contributed by atoms with Crippen LogP contribution in [0.5, 0.6) is 0 Å². The summed E-state index contributed by atoms with van der Waals surface area (Å²) < 4.78 is 1.97. The highest BCUT2D eigenvalue weighted by Gasteiger charge is 2.29. The summed E-state index contributed by atoms with van der Waals surface area (Å²) in [4.78, 5) is 14.6. The number of amides is 1. The molecule has 0 aliphatic heterocycles. The van der Waals surface area contributed by atoms with Gasteiger partial charge in [0.1, 0.15) is 0 Å². The van der Waals surface area contributed by atoms with Gasteiger partial charge in [-0.1, -0.05) is 35.7 Å². The van der Waals surface area contributed by atoms with E-state index in [9.17, 15) is 4.79 Å². The molecule has 0 aromatic heterocycles. The first-order valence-electron chi connectivity index (χ1n) is 6.73. The molecule has 0 spiro atoms. The predicted molar refractivity (Wildman–Crippen MR) is 90.4 cm³/mol. The summed E-state index contributed by atoms with van der Waals surface area (Å²) in [5, 5.41) is 0. The summed E-state index contributed by atoms with van der Waals surface area (Å²) in [6.45, 7) is 2.26. The number of carbonyl (C=O) groups is 1. The lowest BCUT2D eigenvalue weighted by Gasteiger charge is -2.36. The van der Waals surface area contributed by atoms with Crippen molar-refractivity contribution < 1.29 is 4.79 Å². The maximum atomic E-state index is 12.7. The number of halogens is 2. The third-order valence-corrected chi connectivity index (χ3v) is 5.48. The lowest BCUT2D eigenvalue weighted by molar-refractivity contribution is 0.0628. The van der Waals surface area contributed by atoms with E-state index in [-0.39, 0.29) is 5.91 Å². The van der Waals surface area contributed by atoms with Gasteiger partial charge in [-0.25, -0.2) is 0 Å². The van der Waals surface area contributed by atoms with Crippen molar-refractivity contribution in [3.8, 4) is 0 Å². The molecule has 2 atom stereocenters. The van der Waals surface area contributed by atoms with Gasteiger partial charge in [0.2, 0.25) is 0 Å². The van der Waals surface area contributed by atoms with E-state index in [2.05, 4.69) is 45.4 Å². The highest BCUT2D eigenvalue weighted by atomic mass is 127. The molecule has 0 radical (unpaired) electrons. The molecule has 1 aromatic rings. The molecule has 19 heavy (non-hydrogen) atoms. The van der Waals surface area contributed by atoms with Gasteiger partial charge in [0.15, 0.2) is 0 Å². The summed E-state index contributed by atoms with van der Waals surface area (Å²) in [5.41, 5.74) is 0.801. The van der Waals surface area contributed by atoms with Crippen LogP contribution in [0, 0.1) is 9.49 Å². The van der Waals surface area contributed by atoms with E-state index >= 15 is 0 Å². The minimum absolute atomic E-state index is 0.143. The van der Waals surface area contributed by atoms with Crippen molar-refractivity contribution in [1.29, 1.82) is 0 Å².